The molecule has 0 radical (unpaired) electrons. The van der Waals surface area contributed by atoms with Crippen LogP contribution in [0.1, 0.15) is 20.7 Å². The Bertz CT molecular complexity index is 488. The summed E-state index contributed by atoms with van der Waals surface area (Å²) in [5, 5.41) is 5.45. The second-order valence-electron chi connectivity index (χ2n) is 2.67. The van der Waals surface area contributed by atoms with Gasteiger partial charge in [-0.1, -0.05) is 17.2 Å². The van der Waals surface area contributed by atoms with E-state index in [0.717, 1.165) is 0 Å². The number of carbonyl (C=O) groups excluding carboxylic acids is 2. The molecule has 1 aliphatic heterocycles. The Morgan fingerprint density at radius 1 is 1.29 bits per heavy atom. The molecule has 6 nitrogen and oxygen atoms in total. The molecule has 1 aromatic rings. The van der Waals surface area contributed by atoms with Crippen molar-refractivity contribution in [2.24, 2.45) is 5.11 Å². The van der Waals surface area contributed by atoms with Crippen molar-refractivity contribution in [3.05, 3.63) is 39.8 Å². The van der Waals surface area contributed by atoms with Crippen LogP contribution >= 0.6 is 0 Å². The lowest BCUT2D eigenvalue weighted by Crippen LogP contribution is -2.19. The molecule has 0 saturated carbocycles. The number of nitrogens with zero attached hydrogens (tertiary/aromatic N) is 3. The van der Waals surface area contributed by atoms with Crippen molar-refractivity contribution in [1.29, 1.82) is 0 Å². The number of rotatable bonds is 1. The first-order valence-corrected chi connectivity index (χ1v) is 3.78. The molecule has 0 saturated heterocycles. The van der Waals surface area contributed by atoms with Gasteiger partial charge in [0.1, 0.15) is 0 Å². The number of benzene rings is 1. The van der Waals surface area contributed by atoms with Crippen LogP contribution in [0.5, 0.6) is 0 Å². The number of carbonyl (C=O) groups is 2. The summed E-state index contributed by atoms with van der Waals surface area (Å²) in [6, 6.07) is 4.55. The van der Waals surface area contributed by atoms with Gasteiger partial charge in [0.25, 0.3) is 11.8 Å². The summed E-state index contributed by atoms with van der Waals surface area (Å²) in [6.45, 7) is 0. The summed E-state index contributed by atoms with van der Waals surface area (Å²) >= 11 is 0. The topological polar surface area (TPSA) is 94.9 Å². The quantitative estimate of drug-likeness (QED) is 0.313. The monoisotopic (exact) mass is 188 g/mol. The average molecular weight is 188 g/mol. The summed E-state index contributed by atoms with van der Waals surface area (Å²) in [5.41, 5.74) is 8.82. The summed E-state index contributed by atoms with van der Waals surface area (Å²) in [7, 11) is 0. The lowest BCUT2D eigenvalue weighted by atomic mass is 10.1. The van der Waals surface area contributed by atoms with Crippen LogP contribution in [-0.2, 0) is 0 Å². The third kappa shape index (κ3) is 1.02. The molecule has 1 aliphatic rings. The molecule has 0 fully saturated rings. The number of azide groups is 1. The van der Waals surface area contributed by atoms with Gasteiger partial charge >= 0.3 is 0 Å². The first-order valence-electron chi connectivity index (χ1n) is 3.78. The van der Waals surface area contributed by atoms with Gasteiger partial charge in [-0.05, 0) is 11.6 Å². The summed E-state index contributed by atoms with van der Waals surface area (Å²) in [4.78, 5) is 25.0. The Kier molecular flexibility index (Phi) is 1.69. The Morgan fingerprint density at radius 2 is 2.07 bits per heavy atom. The number of hydrogen-bond donors (Lipinski definition) is 1. The molecule has 1 N–H and O–H groups in total. The Balaban J connectivity index is 2.73. The highest BCUT2D eigenvalue weighted by Crippen LogP contribution is 2.26. The highest BCUT2D eigenvalue weighted by Gasteiger charge is 2.28. The van der Waals surface area contributed by atoms with Crippen molar-refractivity contribution in [3.63, 3.8) is 0 Å². The minimum Gasteiger partial charge on any atom is -0.288 e. The fourth-order valence-electron chi connectivity index (χ4n) is 1.33. The fraction of sp³-hybridized carbons (Fsp3) is 0. The molecule has 0 aliphatic carbocycles. The van der Waals surface area contributed by atoms with Crippen LogP contribution in [0.3, 0.4) is 0 Å². The van der Waals surface area contributed by atoms with E-state index in [4.69, 9.17) is 5.53 Å². The fourth-order valence-corrected chi connectivity index (χ4v) is 1.33. The number of fused-ring (bicyclic) bond motifs is 1. The maximum absolute atomic E-state index is 11.3. The SMILES string of the molecule is [N-]=[N+]=Nc1cccc2c1C(=O)NC2=O. The van der Waals surface area contributed by atoms with Crippen LogP contribution in [0, 0.1) is 0 Å². The number of nitrogens with one attached hydrogen (secondary N) is 1. The van der Waals surface area contributed by atoms with Gasteiger partial charge in [0.2, 0.25) is 0 Å². The van der Waals surface area contributed by atoms with Crippen LogP contribution < -0.4 is 5.32 Å². The highest BCUT2D eigenvalue weighted by molar-refractivity contribution is 6.23. The molecule has 14 heavy (non-hydrogen) atoms. The molecule has 68 valence electrons. The third-order valence-electron chi connectivity index (χ3n) is 1.89. The van der Waals surface area contributed by atoms with Gasteiger partial charge in [-0.25, -0.2) is 0 Å². The molecule has 1 aromatic carbocycles. The first-order chi connectivity index (χ1) is 6.74. The zero-order chi connectivity index (χ0) is 10.1. The zero-order valence-electron chi connectivity index (χ0n) is 6.89. The van der Waals surface area contributed by atoms with E-state index in [0.29, 0.717) is 0 Å². The van der Waals surface area contributed by atoms with Crippen LogP contribution in [0.25, 0.3) is 10.4 Å². The van der Waals surface area contributed by atoms with E-state index in [-0.39, 0.29) is 16.8 Å². The number of amides is 2. The summed E-state index contributed by atoms with van der Waals surface area (Å²) in [5.74, 6) is -0.979. The van der Waals surface area contributed by atoms with Gasteiger partial charge < -0.3 is 0 Å². The molecule has 0 spiro atoms. The van der Waals surface area contributed by atoms with Crippen molar-refractivity contribution in [2.45, 2.75) is 0 Å². The van der Waals surface area contributed by atoms with E-state index >= 15 is 0 Å². The minimum absolute atomic E-state index is 0.148. The third-order valence-corrected chi connectivity index (χ3v) is 1.89. The first kappa shape index (κ1) is 8.28. The van der Waals surface area contributed by atoms with Crippen molar-refractivity contribution >= 4 is 17.5 Å². The van der Waals surface area contributed by atoms with Crippen LogP contribution in [0.2, 0.25) is 0 Å². The average Bonchev–Trinajstić information content (AvgIpc) is 2.44. The molecular formula is C8H4N4O2. The number of hydrogen-bond acceptors (Lipinski definition) is 3. The van der Waals surface area contributed by atoms with Crippen LogP contribution in [-0.4, -0.2) is 11.8 Å². The highest BCUT2D eigenvalue weighted by atomic mass is 16.2. The van der Waals surface area contributed by atoms with E-state index in [2.05, 4.69) is 15.3 Å². The largest absolute Gasteiger partial charge is 0.288 e. The molecule has 2 amide bonds. The standard InChI is InChI=1S/C8H4N4O2/c9-12-11-5-3-1-2-4-6(5)8(14)10-7(4)13/h1-3H,(H,10,13,14). The second kappa shape index (κ2) is 2.86. The molecule has 6 heteroatoms. The molecule has 0 unspecified atom stereocenters. The van der Waals surface area contributed by atoms with Crippen molar-refractivity contribution in [2.75, 3.05) is 0 Å². The van der Waals surface area contributed by atoms with Gasteiger partial charge in [0.15, 0.2) is 0 Å². The normalized spacial score (nSPS) is 13.1. The van der Waals surface area contributed by atoms with E-state index in [1.54, 1.807) is 6.07 Å². The van der Waals surface area contributed by atoms with Crippen LogP contribution in [0.15, 0.2) is 23.3 Å². The van der Waals surface area contributed by atoms with E-state index in [1.807, 2.05) is 0 Å². The van der Waals surface area contributed by atoms with Gasteiger partial charge in [-0.15, -0.1) is 0 Å². The minimum atomic E-state index is -0.520. The van der Waals surface area contributed by atoms with E-state index < -0.39 is 11.8 Å². The van der Waals surface area contributed by atoms with Crippen molar-refractivity contribution in [1.82, 2.24) is 5.32 Å². The number of imide groups is 1. The molecule has 2 rings (SSSR count). The van der Waals surface area contributed by atoms with Gasteiger partial charge in [0, 0.05) is 4.91 Å². The maximum atomic E-state index is 11.3. The predicted octanol–water partition coefficient (Wildman–Crippen LogP) is 1.51. The Labute approximate surface area is 78.2 Å². The lowest BCUT2D eigenvalue weighted by Gasteiger charge is -1.96. The van der Waals surface area contributed by atoms with E-state index in [9.17, 15) is 9.59 Å². The molecule has 0 bridgehead atoms. The second-order valence-corrected chi connectivity index (χ2v) is 2.67. The van der Waals surface area contributed by atoms with Crippen LogP contribution in [0.4, 0.5) is 5.69 Å². The Morgan fingerprint density at radius 3 is 2.79 bits per heavy atom. The molecule has 1 heterocycles. The zero-order valence-corrected chi connectivity index (χ0v) is 6.89. The van der Waals surface area contributed by atoms with Gasteiger partial charge in [-0.3, -0.25) is 14.9 Å². The van der Waals surface area contributed by atoms with Gasteiger partial charge in [-0.2, -0.15) is 0 Å². The summed E-state index contributed by atoms with van der Waals surface area (Å²) in [6.07, 6.45) is 0. The molecule has 0 aromatic heterocycles. The summed E-state index contributed by atoms with van der Waals surface area (Å²) < 4.78 is 0. The predicted molar refractivity (Wildman–Crippen MR) is 47.0 cm³/mol. The Hall–Kier alpha value is -2.33. The van der Waals surface area contributed by atoms with Crippen molar-refractivity contribution in [3.8, 4) is 0 Å². The maximum Gasteiger partial charge on any atom is 0.259 e. The molecule has 0 atom stereocenters. The van der Waals surface area contributed by atoms with Crippen molar-refractivity contribution < 1.29 is 9.59 Å². The van der Waals surface area contributed by atoms with E-state index in [1.165, 1.54) is 12.1 Å². The smallest absolute Gasteiger partial charge is 0.259 e. The van der Waals surface area contributed by atoms with Gasteiger partial charge in [0.05, 0.1) is 16.8 Å². The lowest BCUT2D eigenvalue weighted by molar-refractivity contribution is 0.0880. The molecular weight excluding hydrogens is 184 g/mol.